The van der Waals surface area contributed by atoms with Crippen LogP contribution in [0.15, 0.2) is 48.5 Å². The van der Waals surface area contributed by atoms with Crippen molar-refractivity contribution in [1.29, 1.82) is 0 Å². The van der Waals surface area contributed by atoms with E-state index in [-0.39, 0.29) is 11.7 Å². The summed E-state index contributed by atoms with van der Waals surface area (Å²) in [5, 5.41) is 4.17. The Morgan fingerprint density at radius 1 is 1.09 bits per heavy atom. The number of rotatable bonds is 3. The van der Waals surface area contributed by atoms with Crippen molar-refractivity contribution in [2.45, 2.75) is 6.92 Å². The average Bonchev–Trinajstić information content (AvgIpc) is 2.93. The van der Waals surface area contributed by atoms with Crippen LogP contribution in [0.25, 0.3) is 10.9 Å². The third-order valence-electron chi connectivity index (χ3n) is 3.40. The molecule has 0 aliphatic carbocycles. The third kappa shape index (κ3) is 2.61. The molecule has 3 rings (SSSR count). The van der Waals surface area contributed by atoms with Crippen LogP contribution in [0.2, 0.25) is 5.02 Å². The van der Waals surface area contributed by atoms with Crippen LogP contribution in [-0.2, 0) is 0 Å². The fourth-order valence-electron chi connectivity index (χ4n) is 2.33. The van der Waals surface area contributed by atoms with E-state index in [0.29, 0.717) is 27.5 Å². The van der Waals surface area contributed by atoms with E-state index >= 15 is 0 Å². The summed E-state index contributed by atoms with van der Waals surface area (Å²) in [4.78, 5) is 27.0. The molecule has 5 heteroatoms. The van der Waals surface area contributed by atoms with Gasteiger partial charge in [0.25, 0.3) is 5.91 Å². The van der Waals surface area contributed by atoms with Gasteiger partial charge in [-0.25, -0.2) is 0 Å². The number of aromatic amines is 1. The van der Waals surface area contributed by atoms with Crippen molar-refractivity contribution in [2.24, 2.45) is 0 Å². The molecule has 22 heavy (non-hydrogen) atoms. The van der Waals surface area contributed by atoms with Gasteiger partial charge in [-0.1, -0.05) is 35.9 Å². The number of hydrogen-bond donors (Lipinski definition) is 2. The third-order valence-corrected chi connectivity index (χ3v) is 3.72. The number of carbonyl (C=O) groups is 2. The van der Waals surface area contributed by atoms with Crippen molar-refractivity contribution in [3.05, 3.63) is 64.8 Å². The Hall–Kier alpha value is -2.59. The van der Waals surface area contributed by atoms with Crippen LogP contribution in [0.5, 0.6) is 0 Å². The lowest BCUT2D eigenvalue weighted by molar-refractivity contribution is 0.101. The Bertz CT molecular complexity index is 883. The molecule has 0 aliphatic heterocycles. The van der Waals surface area contributed by atoms with Crippen LogP contribution < -0.4 is 5.32 Å². The maximum atomic E-state index is 12.4. The number of anilines is 1. The number of nitrogens with one attached hydrogen (secondary N) is 2. The fourth-order valence-corrected chi connectivity index (χ4v) is 2.56. The molecule has 0 spiro atoms. The molecule has 0 bridgehead atoms. The molecule has 0 saturated heterocycles. The highest BCUT2D eigenvalue weighted by molar-refractivity contribution is 6.35. The van der Waals surface area contributed by atoms with Crippen LogP contribution in [-0.4, -0.2) is 16.7 Å². The Kier molecular flexibility index (Phi) is 3.69. The fraction of sp³-hybridized carbons (Fsp3) is 0.0588. The molecule has 4 nitrogen and oxygen atoms in total. The summed E-state index contributed by atoms with van der Waals surface area (Å²) in [5.41, 5.74) is 2.07. The number of fused-ring (bicyclic) bond motifs is 1. The number of carbonyl (C=O) groups excluding carboxylic acids is 2. The molecule has 0 fully saturated rings. The van der Waals surface area contributed by atoms with E-state index < -0.39 is 0 Å². The lowest BCUT2D eigenvalue weighted by Gasteiger charge is -2.07. The number of halogens is 1. The second-order valence-electron chi connectivity index (χ2n) is 4.94. The van der Waals surface area contributed by atoms with E-state index in [1.54, 1.807) is 36.4 Å². The molecule has 0 radical (unpaired) electrons. The lowest BCUT2D eigenvalue weighted by atomic mass is 10.1. The lowest BCUT2D eigenvalue weighted by Crippen LogP contribution is -2.14. The summed E-state index contributed by atoms with van der Waals surface area (Å²) in [6.45, 7) is 1.47. The molecular formula is C17H13ClN2O2. The molecular weight excluding hydrogens is 300 g/mol. The highest BCUT2D eigenvalue weighted by Crippen LogP contribution is 2.24. The molecule has 0 aliphatic rings. The van der Waals surface area contributed by atoms with E-state index in [0.717, 1.165) is 5.39 Å². The molecule has 0 atom stereocenters. The Labute approximate surface area is 132 Å². The number of para-hydroxylation sites is 2. The predicted octanol–water partition coefficient (Wildman–Crippen LogP) is 4.28. The number of H-pyrrole nitrogens is 1. The zero-order chi connectivity index (χ0) is 15.7. The van der Waals surface area contributed by atoms with Crippen LogP contribution in [0.1, 0.15) is 27.8 Å². The first-order valence-corrected chi connectivity index (χ1v) is 7.12. The van der Waals surface area contributed by atoms with Gasteiger partial charge in [-0.15, -0.1) is 0 Å². The summed E-state index contributed by atoms with van der Waals surface area (Å²) >= 11 is 6.09. The number of amides is 1. The van der Waals surface area contributed by atoms with Gasteiger partial charge < -0.3 is 10.3 Å². The molecule has 0 unspecified atom stereocenters. The molecule has 1 amide bonds. The van der Waals surface area contributed by atoms with Gasteiger partial charge in [-0.2, -0.15) is 0 Å². The average molecular weight is 313 g/mol. The van der Waals surface area contributed by atoms with Gasteiger partial charge in [0, 0.05) is 10.9 Å². The Morgan fingerprint density at radius 3 is 2.59 bits per heavy atom. The second kappa shape index (κ2) is 5.66. The number of Topliss-reactive ketones (excluding diaryl/α,β-unsaturated/α-hetero) is 1. The smallest absolute Gasteiger partial charge is 0.272 e. The summed E-state index contributed by atoms with van der Waals surface area (Å²) in [6.07, 6.45) is 0. The first-order valence-electron chi connectivity index (χ1n) is 6.75. The molecule has 1 heterocycles. The van der Waals surface area contributed by atoms with Crippen molar-refractivity contribution < 1.29 is 9.59 Å². The monoisotopic (exact) mass is 312 g/mol. The van der Waals surface area contributed by atoms with E-state index in [9.17, 15) is 9.59 Å². The van der Waals surface area contributed by atoms with E-state index in [1.165, 1.54) is 6.92 Å². The highest BCUT2D eigenvalue weighted by Gasteiger charge is 2.14. The maximum absolute atomic E-state index is 12.4. The minimum atomic E-state index is -0.319. The van der Waals surface area contributed by atoms with Crippen LogP contribution >= 0.6 is 11.6 Å². The summed E-state index contributed by atoms with van der Waals surface area (Å²) in [6, 6.07) is 14.1. The zero-order valence-electron chi connectivity index (χ0n) is 11.8. The molecule has 1 aromatic heterocycles. The predicted molar refractivity (Wildman–Crippen MR) is 87.7 cm³/mol. The Balaban J connectivity index is 1.94. The van der Waals surface area contributed by atoms with Crippen molar-refractivity contribution >= 4 is 39.9 Å². The van der Waals surface area contributed by atoms with Gasteiger partial charge in [-0.05, 0) is 31.2 Å². The SMILES string of the molecule is CC(=O)c1ccccc1NC(=O)c1cc2cccc(Cl)c2[nH]1. The van der Waals surface area contributed by atoms with E-state index in [2.05, 4.69) is 10.3 Å². The molecule has 2 N–H and O–H groups in total. The zero-order valence-corrected chi connectivity index (χ0v) is 12.6. The summed E-state index contributed by atoms with van der Waals surface area (Å²) in [7, 11) is 0. The van der Waals surface area contributed by atoms with Gasteiger partial charge in [0.1, 0.15) is 5.69 Å². The van der Waals surface area contributed by atoms with Gasteiger partial charge in [-0.3, -0.25) is 9.59 Å². The number of hydrogen-bond acceptors (Lipinski definition) is 2. The first-order chi connectivity index (χ1) is 10.6. The van der Waals surface area contributed by atoms with E-state index in [1.807, 2.05) is 12.1 Å². The van der Waals surface area contributed by atoms with Gasteiger partial charge in [0.05, 0.1) is 16.2 Å². The normalized spacial score (nSPS) is 10.6. The second-order valence-corrected chi connectivity index (χ2v) is 5.35. The van der Waals surface area contributed by atoms with Crippen molar-refractivity contribution in [2.75, 3.05) is 5.32 Å². The first kappa shape index (κ1) is 14.4. The number of aromatic nitrogens is 1. The summed E-state index contributed by atoms with van der Waals surface area (Å²) < 4.78 is 0. The quantitative estimate of drug-likeness (QED) is 0.709. The van der Waals surface area contributed by atoms with Crippen LogP contribution in [0, 0.1) is 0 Å². The largest absolute Gasteiger partial charge is 0.349 e. The van der Waals surface area contributed by atoms with Crippen molar-refractivity contribution in [3.8, 4) is 0 Å². The standard InChI is InChI=1S/C17H13ClN2O2/c1-10(21)12-6-2-3-8-14(12)20-17(22)15-9-11-5-4-7-13(18)16(11)19-15/h2-9,19H,1H3,(H,20,22). The maximum Gasteiger partial charge on any atom is 0.272 e. The molecule has 110 valence electrons. The van der Waals surface area contributed by atoms with Crippen molar-refractivity contribution in [3.63, 3.8) is 0 Å². The van der Waals surface area contributed by atoms with Crippen LogP contribution in [0.3, 0.4) is 0 Å². The Morgan fingerprint density at radius 2 is 1.86 bits per heavy atom. The minimum absolute atomic E-state index is 0.101. The van der Waals surface area contributed by atoms with E-state index in [4.69, 9.17) is 11.6 Å². The van der Waals surface area contributed by atoms with Gasteiger partial charge >= 0.3 is 0 Å². The van der Waals surface area contributed by atoms with Crippen molar-refractivity contribution in [1.82, 2.24) is 4.98 Å². The van der Waals surface area contributed by atoms with Gasteiger partial charge in [0.15, 0.2) is 5.78 Å². The van der Waals surface area contributed by atoms with Crippen LogP contribution in [0.4, 0.5) is 5.69 Å². The minimum Gasteiger partial charge on any atom is -0.349 e. The molecule has 3 aromatic rings. The topological polar surface area (TPSA) is 62.0 Å². The summed E-state index contributed by atoms with van der Waals surface area (Å²) in [5.74, 6) is -0.420. The number of benzene rings is 2. The molecule has 0 saturated carbocycles. The molecule has 2 aromatic carbocycles. The number of ketones is 1. The van der Waals surface area contributed by atoms with Gasteiger partial charge in [0.2, 0.25) is 0 Å². The highest BCUT2D eigenvalue weighted by atomic mass is 35.5.